The number of carboxylic acids is 1. The van der Waals surface area contributed by atoms with Crippen molar-refractivity contribution >= 4 is 17.6 Å². The largest absolute Gasteiger partial charge is 0.481 e. The molecule has 0 atom stereocenters. The lowest BCUT2D eigenvalue weighted by molar-refractivity contribution is -0.147. The van der Waals surface area contributed by atoms with E-state index in [1.165, 1.54) is 0 Å². The summed E-state index contributed by atoms with van der Waals surface area (Å²) in [6.45, 7) is 6.07. The molecular weight excluding hydrogens is 228 g/mol. The number of hydrogen-bond donors (Lipinski definition) is 1. The van der Waals surface area contributed by atoms with Crippen LogP contribution in [0, 0.1) is 12.3 Å². The summed E-state index contributed by atoms with van der Waals surface area (Å²) in [6.07, 6.45) is 3.01. The van der Waals surface area contributed by atoms with E-state index < -0.39 is 11.4 Å². The third-order valence-electron chi connectivity index (χ3n) is 2.79. The second kappa shape index (κ2) is 4.87. The topological polar surface area (TPSA) is 55.1 Å². The molecular formula is C11H17ClN2O2. The molecule has 16 heavy (non-hydrogen) atoms. The van der Waals surface area contributed by atoms with Crippen molar-refractivity contribution in [3.63, 3.8) is 0 Å². The van der Waals surface area contributed by atoms with Crippen molar-refractivity contribution in [2.24, 2.45) is 5.41 Å². The Bertz CT molecular complexity index is 385. The molecule has 0 aliphatic carbocycles. The number of aryl methyl sites for hydroxylation is 1. The van der Waals surface area contributed by atoms with E-state index >= 15 is 0 Å². The van der Waals surface area contributed by atoms with E-state index in [2.05, 4.69) is 5.10 Å². The second-order valence-corrected chi connectivity index (χ2v) is 5.00. The van der Waals surface area contributed by atoms with Crippen LogP contribution in [0.3, 0.4) is 0 Å². The number of hydrogen-bond acceptors (Lipinski definition) is 2. The summed E-state index contributed by atoms with van der Waals surface area (Å²) in [5, 5.41) is 13.7. The molecule has 4 nitrogen and oxygen atoms in total. The molecule has 0 aromatic carbocycles. The molecule has 1 N–H and O–H groups in total. The second-order valence-electron chi connectivity index (χ2n) is 4.59. The van der Waals surface area contributed by atoms with Gasteiger partial charge in [-0.05, 0) is 33.6 Å². The molecule has 0 saturated carbocycles. The van der Waals surface area contributed by atoms with Crippen LogP contribution >= 0.6 is 11.6 Å². The van der Waals surface area contributed by atoms with Crippen molar-refractivity contribution in [2.75, 3.05) is 0 Å². The Balaban J connectivity index is 2.48. The first kappa shape index (κ1) is 13.0. The van der Waals surface area contributed by atoms with Gasteiger partial charge in [0.05, 0.1) is 22.3 Å². The Hall–Kier alpha value is -1.03. The average Bonchev–Trinajstić information content (AvgIpc) is 2.49. The molecule has 0 fully saturated rings. The van der Waals surface area contributed by atoms with Crippen LogP contribution in [0.2, 0.25) is 5.02 Å². The molecule has 0 aliphatic rings. The zero-order chi connectivity index (χ0) is 12.3. The third kappa shape index (κ3) is 2.98. The van der Waals surface area contributed by atoms with Crippen LogP contribution in [0.1, 0.15) is 32.4 Å². The number of aromatic nitrogens is 2. The smallest absolute Gasteiger partial charge is 0.309 e. The zero-order valence-corrected chi connectivity index (χ0v) is 10.6. The third-order valence-corrected chi connectivity index (χ3v) is 3.17. The summed E-state index contributed by atoms with van der Waals surface area (Å²) >= 11 is 5.87. The molecule has 1 aromatic heterocycles. The van der Waals surface area contributed by atoms with Crippen molar-refractivity contribution in [1.82, 2.24) is 9.78 Å². The highest BCUT2D eigenvalue weighted by Crippen LogP contribution is 2.23. The van der Waals surface area contributed by atoms with Crippen molar-refractivity contribution in [2.45, 2.75) is 40.2 Å². The fourth-order valence-electron chi connectivity index (χ4n) is 1.43. The van der Waals surface area contributed by atoms with Gasteiger partial charge in [-0.3, -0.25) is 9.48 Å². The summed E-state index contributed by atoms with van der Waals surface area (Å²) < 4.78 is 1.81. The fourth-order valence-corrected chi connectivity index (χ4v) is 1.57. The zero-order valence-electron chi connectivity index (χ0n) is 9.83. The lowest BCUT2D eigenvalue weighted by atomic mass is 9.88. The van der Waals surface area contributed by atoms with Gasteiger partial charge in [0.25, 0.3) is 0 Å². The van der Waals surface area contributed by atoms with Crippen LogP contribution in [-0.4, -0.2) is 20.9 Å². The van der Waals surface area contributed by atoms with Gasteiger partial charge in [-0.15, -0.1) is 0 Å². The molecule has 0 aliphatic heterocycles. The van der Waals surface area contributed by atoms with Gasteiger partial charge in [0.2, 0.25) is 0 Å². The lowest BCUT2D eigenvalue weighted by Crippen LogP contribution is -2.24. The van der Waals surface area contributed by atoms with Crippen molar-refractivity contribution in [3.05, 3.63) is 16.9 Å². The first-order valence-corrected chi connectivity index (χ1v) is 5.63. The standard InChI is InChI=1S/C11H17ClN2O2/c1-8-9(12)7-13-14(8)6-4-5-11(2,3)10(15)16/h7H,4-6H2,1-3H3,(H,15,16). The first-order valence-electron chi connectivity index (χ1n) is 5.26. The van der Waals surface area contributed by atoms with Crippen molar-refractivity contribution in [3.8, 4) is 0 Å². The highest BCUT2D eigenvalue weighted by atomic mass is 35.5. The fraction of sp³-hybridized carbons (Fsp3) is 0.636. The summed E-state index contributed by atoms with van der Waals surface area (Å²) in [5.41, 5.74) is 0.250. The lowest BCUT2D eigenvalue weighted by Gasteiger charge is -2.18. The molecule has 0 spiro atoms. The molecule has 0 saturated heterocycles. The van der Waals surface area contributed by atoms with Crippen molar-refractivity contribution < 1.29 is 9.90 Å². The van der Waals surface area contributed by atoms with E-state index in [4.69, 9.17) is 16.7 Å². The SMILES string of the molecule is Cc1c(Cl)cnn1CCCC(C)(C)C(=O)O. The van der Waals surface area contributed by atoms with Crippen LogP contribution < -0.4 is 0 Å². The van der Waals surface area contributed by atoms with Crippen LogP contribution in [0.5, 0.6) is 0 Å². The number of aliphatic carboxylic acids is 1. The summed E-state index contributed by atoms with van der Waals surface area (Å²) in [5.74, 6) is -0.761. The van der Waals surface area contributed by atoms with E-state index in [9.17, 15) is 4.79 Å². The van der Waals surface area contributed by atoms with Crippen LogP contribution in [-0.2, 0) is 11.3 Å². The quantitative estimate of drug-likeness (QED) is 0.867. The van der Waals surface area contributed by atoms with Crippen LogP contribution in [0.25, 0.3) is 0 Å². The molecule has 90 valence electrons. The van der Waals surface area contributed by atoms with Gasteiger partial charge in [0.15, 0.2) is 0 Å². The van der Waals surface area contributed by atoms with Gasteiger partial charge in [-0.1, -0.05) is 11.6 Å². The monoisotopic (exact) mass is 244 g/mol. The van der Waals surface area contributed by atoms with Gasteiger partial charge in [-0.25, -0.2) is 0 Å². The first-order chi connectivity index (χ1) is 7.34. The van der Waals surface area contributed by atoms with E-state index in [0.717, 1.165) is 12.1 Å². The Morgan fingerprint density at radius 2 is 2.25 bits per heavy atom. The van der Waals surface area contributed by atoms with Gasteiger partial charge in [-0.2, -0.15) is 5.10 Å². The molecule has 0 bridgehead atoms. The molecule has 1 heterocycles. The Labute approximate surface area is 100 Å². The highest BCUT2D eigenvalue weighted by molar-refractivity contribution is 6.31. The minimum Gasteiger partial charge on any atom is -0.481 e. The van der Waals surface area contributed by atoms with E-state index in [0.29, 0.717) is 18.0 Å². The maximum absolute atomic E-state index is 10.9. The van der Waals surface area contributed by atoms with Gasteiger partial charge in [0.1, 0.15) is 0 Å². The molecule has 1 rings (SSSR count). The molecule has 0 radical (unpaired) electrons. The normalized spacial score (nSPS) is 11.8. The molecule has 5 heteroatoms. The predicted molar refractivity (Wildman–Crippen MR) is 62.6 cm³/mol. The van der Waals surface area contributed by atoms with Crippen molar-refractivity contribution in [1.29, 1.82) is 0 Å². The summed E-state index contributed by atoms with van der Waals surface area (Å²) in [7, 11) is 0. The maximum atomic E-state index is 10.9. The van der Waals surface area contributed by atoms with Crippen LogP contribution in [0.4, 0.5) is 0 Å². The number of carboxylic acid groups (broad SMARTS) is 1. The van der Waals surface area contributed by atoms with E-state index in [1.54, 1.807) is 24.7 Å². The maximum Gasteiger partial charge on any atom is 0.309 e. The number of rotatable bonds is 5. The van der Waals surface area contributed by atoms with Gasteiger partial charge in [0, 0.05) is 6.54 Å². The van der Waals surface area contributed by atoms with Gasteiger partial charge < -0.3 is 5.11 Å². The molecule has 1 aromatic rings. The van der Waals surface area contributed by atoms with Gasteiger partial charge >= 0.3 is 5.97 Å². The minimum absolute atomic E-state index is 0.624. The number of nitrogens with zero attached hydrogens (tertiary/aromatic N) is 2. The molecule has 0 amide bonds. The average molecular weight is 245 g/mol. The number of halogens is 1. The summed E-state index contributed by atoms with van der Waals surface area (Å²) in [4.78, 5) is 10.9. The Morgan fingerprint density at radius 1 is 1.62 bits per heavy atom. The number of carbonyl (C=O) groups is 1. The molecule has 0 unspecified atom stereocenters. The Morgan fingerprint density at radius 3 is 2.69 bits per heavy atom. The Kier molecular flexibility index (Phi) is 3.97. The van der Waals surface area contributed by atoms with E-state index in [-0.39, 0.29) is 0 Å². The summed E-state index contributed by atoms with van der Waals surface area (Å²) in [6, 6.07) is 0. The minimum atomic E-state index is -0.761. The van der Waals surface area contributed by atoms with Crippen LogP contribution in [0.15, 0.2) is 6.20 Å². The predicted octanol–water partition coefficient (Wildman–Crippen LogP) is 2.74. The van der Waals surface area contributed by atoms with E-state index in [1.807, 2.05) is 6.92 Å². The highest BCUT2D eigenvalue weighted by Gasteiger charge is 2.26.